The lowest BCUT2D eigenvalue weighted by Gasteiger charge is -2.26. The fourth-order valence-electron chi connectivity index (χ4n) is 3.11. The lowest BCUT2D eigenvalue weighted by molar-refractivity contribution is 0.0782. The summed E-state index contributed by atoms with van der Waals surface area (Å²) in [5.74, 6) is -0.157. The molecule has 28 heavy (non-hydrogen) atoms. The number of likely N-dealkylation sites (tertiary alicyclic amines) is 1. The Kier molecular flexibility index (Phi) is 6.14. The van der Waals surface area contributed by atoms with Gasteiger partial charge >= 0.3 is 0 Å². The van der Waals surface area contributed by atoms with Crippen molar-refractivity contribution in [2.45, 2.75) is 25.9 Å². The molecule has 2 heterocycles. The zero-order chi connectivity index (χ0) is 20.3. The van der Waals surface area contributed by atoms with Gasteiger partial charge in [0.1, 0.15) is 5.82 Å². The Balaban J connectivity index is 1.58. The number of likely N-dealkylation sites (N-methyl/N-ethyl adjacent to an activating group) is 1. The predicted molar refractivity (Wildman–Crippen MR) is 108 cm³/mol. The molecular weight excluding hydrogens is 381 g/mol. The fourth-order valence-corrected chi connectivity index (χ4v) is 3.26. The number of carbonyl (C=O) groups is 1. The number of allylic oxidation sites excluding steroid dienone is 1. The summed E-state index contributed by atoms with van der Waals surface area (Å²) in [4.78, 5) is 24.9. The topological polar surface area (TPSA) is 61.4 Å². The Bertz CT molecular complexity index is 873. The number of aromatic nitrogens is 2. The minimum absolute atomic E-state index is 0.0899. The van der Waals surface area contributed by atoms with Crippen molar-refractivity contribution in [3.05, 3.63) is 64.8 Å². The van der Waals surface area contributed by atoms with E-state index in [1.807, 2.05) is 14.0 Å². The zero-order valence-corrected chi connectivity index (χ0v) is 16.7. The Hall–Kier alpha value is -2.67. The van der Waals surface area contributed by atoms with Crippen molar-refractivity contribution in [2.75, 3.05) is 25.5 Å². The van der Waals surface area contributed by atoms with Gasteiger partial charge in [0, 0.05) is 61.4 Å². The smallest absolute Gasteiger partial charge is 0.257 e. The van der Waals surface area contributed by atoms with Crippen LogP contribution in [0.25, 0.3) is 0 Å². The van der Waals surface area contributed by atoms with Crippen LogP contribution < -0.4 is 5.32 Å². The third kappa shape index (κ3) is 4.59. The summed E-state index contributed by atoms with van der Waals surface area (Å²) >= 11 is 5.75. The summed E-state index contributed by atoms with van der Waals surface area (Å²) in [6.45, 7) is 7.47. The molecule has 1 aliphatic rings. The lowest BCUT2D eigenvalue weighted by Crippen LogP contribution is -2.35. The molecule has 2 aromatic rings. The lowest BCUT2D eigenvalue weighted by atomic mass is 10.2. The SMILES string of the molecule is C=C(C)N(C)C1CCN(C(=O)c2cnc(NCc3ccc(Cl)cc3F)nc2)C1. The van der Waals surface area contributed by atoms with Gasteiger partial charge in [0.05, 0.1) is 5.56 Å². The third-order valence-electron chi connectivity index (χ3n) is 4.95. The number of amides is 1. The number of hydrogen-bond acceptors (Lipinski definition) is 5. The molecule has 1 atom stereocenters. The summed E-state index contributed by atoms with van der Waals surface area (Å²) in [5, 5.41) is 3.29. The van der Waals surface area contributed by atoms with Crippen LogP contribution in [0.5, 0.6) is 0 Å². The fraction of sp³-hybridized carbons (Fsp3) is 0.350. The van der Waals surface area contributed by atoms with Gasteiger partial charge < -0.3 is 15.1 Å². The predicted octanol–water partition coefficient (Wildman–Crippen LogP) is 3.56. The second-order valence-corrected chi connectivity index (χ2v) is 7.36. The standard InChI is InChI=1S/C20H23ClFN5O/c1-13(2)26(3)17-6-7-27(12-17)19(28)15-10-24-20(25-11-15)23-9-14-4-5-16(21)8-18(14)22/h4-5,8,10-11,17H,1,6-7,9,12H2,2-3H3,(H,23,24,25). The maximum absolute atomic E-state index is 13.8. The van der Waals surface area contributed by atoms with E-state index in [2.05, 4.69) is 26.8 Å². The molecule has 0 saturated carbocycles. The Morgan fingerprint density at radius 3 is 2.79 bits per heavy atom. The van der Waals surface area contributed by atoms with Crippen LogP contribution in [-0.4, -0.2) is 51.9 Å². The first-order valence-corrected chi connectivity index (χ1v) is 9.40. The minimum Gasteiger partial charge on any atom is -0.374 e. The first-order valence-electron chi connectivity index (χ1n) is 9.02. The van der Waals surface area contributed by atoms with Gasteiger partial charge in [0.25, 0.3) is 5.91 Å². The van der Waals surface area contributed by atoms with Crippen LogP contribution in [0.4, 0.5) is 10.3 Å². The average molecular weight is 404 g/mol. The highest BCUT2D eigenvalue weighted by Gasteiger charge is 2.29. The molecule has 1 aromatic carbocycles. The Labute approximate surface area is 169 Å². The molecule has 1 fully saturated rings. The maximum atomic E-state index is 13.8. The van der Waals surface area contributed by atoms with Gasteiger partial charge in [-0.05, 0) is 25.5 Å². The largest absolute Gasteiger partial charge is 0.374 e. The molecule has 1 unspecified atom stereocenters. The normalized spacial score (nSPS) is 16.1. The molecule has 1 amide bonds. The molecule has 1 saturated heterocycles. The summed E-state index contributed by atoms with van der Waals surface area (Å²) in [5.41, 5.74) is 1.87. The van der Waals surface area contributed by atoms with E-state index < -0.39 is 5.82 Å². The summed E-state index contributed by atoms with van der Waals surface area (Å²) in [6.07, 6.45) is 3.89. The molecule has 0 radical (unpaired) electrons. The molecule has 1 aromatic heterocycles. The van der Waals surface area contributed by atoms with Gasteiger partial charge in [-0.25, -0.2) is 14.4 Å². The quantitative estimate of drug-likeness (QED) is 0.799. The second kappa shape index (κ2) is 8.56. The zero-order valence-electron chi connectivity index (χ0n) is 16.0. The number of carbonyl (C=O) groups excluding carboxylic acids is 1. The van der Waals surface area contributed by atoms with Crippen LogP contribution in [0.3, 0.4) is 0 Å². The highest BCUT2D eigenvalue weighted by atomic mass is 35.5. The van der Waals surface area contributed by atoms with E-state index >= 15 is 0 Å². The van der Waals surface area contributed by atoms with E-state index in [1.54, 1.807) is 17.0 Å². The van der Waals surface area contributed by atoms with Crippen molar-refractivity contribution in [1.82, 2.24) is 19.8 Å². The number of rotatable bonds is 6. The van der Waals surface area contributed by atoms with Crippen LogP contribution in [0.1, 0.15) is 29.3 Å². The van der Waals surface area contributed by atoms with Gasteiger partial charge in [-0.15, -0.1) is 0 Å². The third-order valence-corrected chi connectivity index (χ3v) is 5.19. The Morgan fingerprint density at radius 1 is 1.43 bits per heavy atom. The summed E-state index contributed by atoms with van der Waals surface area (Å²) in [6, 6.07) is 4.76. The van der Waals surface area contributed by atoms with Gasteiger partial charge in [-0.1, -0.05) is 24.2 Å². The maximum Gasteiger partial charge on any atom is 0.257 e. The van der Waals surface area contributed by atoms with Crippen molar-refractivity contribution in [1.29, 1.82) is 0 Å². The first kappa shape index (κ1) is 20.1. The van der Waals surface area contributed by atoms with Gasteiger partial charge in [-0.3, -0.25) is 4.79 Å². The molecule has 0 bridgehead atoms. The average Bonchev–Trinajstić information content (AvgIpc) is 3.16. The molecule has 0 aliphatic carbocycles. The number of benzene rings is 1. The van der Waals surface area contributed by atoms with E-state index in [1.165, 1.54) is 18.5 Å². The van der Waals surface area contributed by atoms with Crippen LogP contribution in [0.2, 0.25) is 5.02 Å². The number of anilines is 1. The second-order valence-electron chi connectivity index (χ2n) is 6.92. The minimum atomic E-state index is -0.393. The van der Waals surface area contributed by atoms with E-state index in [0.29, 0.717) is 35.2 Å². The number of halogens is 2. The highest BCUT2D eigenvalue weighted by molar-refractivity contribution is 6.30. The Morgan fingerprint density at radius 2 is 2.14 bits per heavy atom. The molecule has 8 heteroatoms. The summed E-state index contributed by atoms with van der Waals surface area (Å²) in [7, 11) is 1.99. The van der Waals surface area contributed by atoms with Crippen molar-refractivity contribution >= 4 is 23.5 Å². The molecule has 3 rings (SSSR count). The van der Waals surface area contributed by atoms with Crippen LogP contribution in [0.15, 0.2) is 42.9 Å². The van der Waals surface area contributed by atoms with Gasteiger partial charge in [-0.2, -0.15) is 0 Å². The van der Waals surface area contributed by atoms with E-state index in [0.717, 1.165) is 12.1 Å². The molecule has 148 valence electrons. The molecule has 1 N–H and O–H groups in total. The molecule has 0 spiro atoms. The van der Waals surface area contributed by atoms with Gasteiger partial charge in [0.2, 0.25) is 5.95 Å². The highest BCUT2D eigenvalue weighted by Crippen LogP contribution is 2.19. The van der Waals surface area contributed by atoms with Crippen molar-refractivity contribution in [3.8, 4) is 0 Å². The molecule has 1 aliphatic heterocycles. The van der Waals surface area contributed by atoms with Crippen molar-refractivity contribution < 1.29 is 9.18 Å². The van der Waals surface area contributed by atoms with Crippen LogP contribution in [0, 0.1) is 5.82 Å². The van der Waals surface area contributed by atoms with Crippen molar-refractivity contribution in [3.63, 3.8) is 0 Å². The first-order chi connectivity index (χ1) is 13.3. The van der Waals surface area contributed by atoms with E-state index in [-0.39, 0.29) is 18.5 Å². The summed E-state index contributed by atoms with van der Waals surface area (Å²) < 4.78 is 13.8. The number of nitrogens with zero attached hydrogens (tertiary/aromatic N) is 4. The molecular formula is C20H23ClFN5O. The van der Waals surface area contributed by atoms with Crippen molar-refractivity contribution in [2.24, 2.45) is 0 Å². The van der Waals surface area contributed by atoms with Crippen LogP contribution in [-0.2, 0) is 6.54 Å². The number of hydrogen-bond donors (Lipinski definition) is 1. The molecule has 6 nitrogen and oxygen atoms in total. The van der Waals surface area contributed by atoms with E-state index in [9.17, 15) is 9.18 Å². The van der Waals surface area contributed by atoms with Crippen LogP contribution >= 0.6 is 11.6 Å². The van der Waals surface area contributed by atoms with Gasteiger partial charge in [0.15, 0.2) is 0 Å². The number of nitrogens with one attached hydrogen (secondary N) is 1. The monoisotopic (exact) mass is 403 g/mol. The van der Waals surface area contributed by atoms with E-state index in [4.69, 9.17) is 11.6 Å².